The Kier molecular flexibility index (Phi) is 7.09. The fourth-order valence-corrected chi connectivity index (χ4v) is 4.67. The van der Waals surface area contributed by atoms with E-state index in [0.29, 0.717) is 24.2 Å². The van der Waals surface area contributed by atoms with Crippen molar-refractivity contribution in [3.63, 3.8) is 0 Å². The third-order valence-corrected chi connectivity index (χ3v) is 6.53. The van der Waals surface area contributed by atoms with Crippen molar-refractivity contribution in [3.8, 4) is 0 Å². The molecule has 1 aliphatic carbocycles. The molecule has 0 radical (unpaired) electrons. The van der Waals surface area contributed by atoms with Crippen LogP contribution < -0.4 is 5.32 Å². The number of nitrogens with zero attached hydrogens (tertiary/aromatic N) is 2. The minimum Gasteiger partial charge on any atom is -0.376 e. The molecule has 5 nitrogen and oxygen atoms in total. The van der Waals surface area contributed by atoms with Gasteiger partial charge in [0.2, 0.25) is 0 Å². The summed E-state index contributed by atoms with van der Waals surface area (Å²) in [5.41, 5.74) is 2.88. The highest BCUT2D eigenvalue weighted by atomic mass is 16.5. The van der Waals surface area contributed by atoms with E-state index in [4.69, 9.17) is 14.5 Å². The number of likely N-dealkylation sites (tertiary alicyclic amines) is 1. The topological polar surface area (TPSA) is 46.1 Å². The van der Waals surface area contributed by atoms with Crippen LogP contribution in [0.3, 0.4) is 0 Å². The molecule has 0 amide bonds. The minimum atomic E-state index is 0.314. The van der Waals surface area contributed by atoms with Gasteiger partial charge in [0.25, 0.3) is 0 Å². The molecule has 2 saturated heterocycles. The molecule has 3 aliphatic rings. The number of aryl methyl sites for hydroxylation is 1. The lowest BCUT2D eigenvalue weighted by atomic mass is 10.0. The largest absolute Gasteiger partial charge is 0.376 e. The molecular formula is C24H37N3O2. The molecule has 3 fully saturated rings. The van der Waals surface area contributed by atoms with E-state index in [1.54, 1.807) is 0 Å². The van der Waals surface area contributed by atoms with Crippen molar-refractivity contribution in [1.82, 2.24) is 10.2 Å². The summed E-state index contributed by atoms with van der Waals surface area (Å²) in [4.78, 5) is 7.22. The Morgan fingerprint density at radius 1 is 1.21 bits per heavy atom. The van der Waals surface area contributed by atoms with Crippen molar-refractivity contribution in [3.05, 3.63) is 35.4 Å². The van der Waals surface area contributed by atoms with Crippen LogP contribution in [0.4, 0.5) is 0 Å². The van der Waals surface area contributed by atoms with E-state index in [-0.39, 0.29) is 0 Å². The molecule has 29 heavy (non-hydrogen) atoms. The van der Waals surface area contributed by atoms with Gasteiger partial charge in [0.1, 0.15) is 0 Å². The van der Waals surface area contributed by atoms with Crippen LogP contribution >= 0.6 is 0 Å². The average Bonchev–Trinajstić information content (AvgIpc) is 3.52. The zero-order chi connectivity index (χ0) is 20.1. The quantitative estimate of drug-likeness (QED) is 0.583. The van der Waals surface area contributed by atoms with Crippen molar-refractivity contribution < 1.29 is 9.47 Å². The molecule has 1 aromatic rings. The molecule has 2 heterocycles. The van der Waals surface area contributed by atoms with Crippen molar-refractivity contribution >= 4 is 5.96 Å². The second kappa shape index (κ2) is 9.94. The minimum absolute atomic E-state index is 0.314. The Bertz CT molecular complexity index is 678. The molecule has 0 aromatic heterocycles. The number of nitrogens with one attached hydrogen (secondary N) is 1. The molecule has 3 unspecified atom stereocenters. The Hall–Kier alpha value is -1.59. The van der Waals surface area contributed by atoms with Crippen molar-refractivity contribution in [2.75, 3.05) is 32.8 Å². The van der Waals surface area contributed by atoms with E-state index < -0.39 is 0 Å². The molecule has 0 bridgehead atoms. The number of rotatable bonds is 6. The van der Waals surface area contributed by atoms with Crippen LogP contribution in [0.5, 0.6) is 0 Å². The number of benzene rings is 1. The maximum Gasteiger partial charge on any atom is 0.194 e. The summed E-state index contributed by atoms with van der Waals surface area (Å²) in [6, 6.07) is 9.28. The molecule has 1 N–H and O–H groups in total. The summed E-state index contributed by atoms with van der Waals surface area (Å²) in [6.07, 6.45) is 7.65. The van der Waals surface area contributed by atoms with Crippen LogP contribution in [0.15, 0.2) is 29.3 Å². The first kappa shape index (κ1) is 20.7. The molecule has 1 aromatic carbocycles. The van der Waals surface area contributed by atoms with Crippen LogP contribution in [-0.4, -0.2) is 62.0 Å². The summed E-state index contributed by atoms with van der Waals surface area (Å²) < 4.78 is 12.0. The van der Waals surface area contributed by atoms with E-state index in [1.807, 2.05) is 0 Å². The first-order chi connectivity index (χ1) is 14.2. The third-order valence-electron chi connectivity index (χ3n) is 6.53. The van der Waals surface area contributed by atoms with E-state index >= 15 is 0 Å². The van der Waals surface area contributed by atoms with Crippen molar-refractivity contribution in [2.45, 2.75) is 76.5 Å². The normalized spacial score (nSPS) is 28.4. The Labute approximate surface area is 175 Å². The van der Waals surface area contributed by atoms with Gasteiger partial charge >= 0.3 is 0 Å². The second-order valence-electron chi connectivity index (χ2n) is 8.76. The molecular weight excluding hydrogens is 362 g/mol. The molecule has 1 saturated carbocycles. The van der Waals surface area contributed by atoms with Crippen LogP contribution in [0.2, 0.25) is 0 Å². The van der Waals surface area contributed by atoms with Gasteiger partial charge in [-0.05, 0) is 63.5 Å². The van der Waals surface area contributed by atoms with Gasteiger partial charge in [0, 0.05) is 38.2 Å². The molecule has 5 heteroatoms. The number of aliphatic imine (C=N–C) groups is 1. The lowest BCUT2D eigenvalue weighted by Gasteiger charge is -2.35. The highest BCUT2D eigenvalue weighted by molar-refractivity contribution is 5.81. The summed E-state index contributed by atoms with van der Waals surface area (Å²) in [7, 11) is 0. The van der Waals surface area contributed by atoms with Crippen molar-refractivity contribution in [2.24, 2.45) is 4.99 Å². The predicted molar refractivity (Wildman–Crippen MR) is 118 cm³/mol. The maximum atomic E-state index is 6.18. The lowest BCUT2D eigenvalue weighted by Crippen LogP contribution is -2.48. The smallest absolute Gasteiger partial charge is 0.194 e. The van der Waals surface area contributed by atoms with Gasteiger partial charge in [0.15, 0.2) is 5.96 Å². The lowest BCUT2D eigenvalue weighted by molar-refractivity contribution is -0.0721. The Morgan fingerprint density at radius 3 is 2.76 bits per heavy atom. The van der Waals surface area contributed by atoms with Crippen LogP contribution in [0.1, 0.15) is 62.5 Å². The number of guanidine groups is 1. The Balaban J connectivity index is 1.24. The highest BCUT2D eigenvalue weighted by Crippen LogP contribution is 2.42. The van der Waals surface area contributed by atoms with Gasteiger partial charge in [-0.1, -0.05) is 24.3 Å². The van der Waals surface area contributed by atoms with Crippen molar-refractivity contribution in [1.29, 1.82) is 0 Å². The first-order valence-electron chi connectivity index (χ1n) is 11.6. The fraction of sp³-hybridized carbons (Fsp3) is 0.708. The maximum absolute atomic E-state index is 6.18. The highest BCUT2D eigenvalue weighted by Gasteiger charge is 2.40. The van der Waals surface area contributed by atoms with Crippen LogP contribution in [-0.2, 0) is 9.47 Å². The third kappa shape index (κ3) is 5.52. The molecule has 160 valence electrons. The average molecular weight is 400 g/mol. The van der Waals surface area contributed by atoms with Gasteiger partial charge in [-0.3, -0.25) is 4.99 Å². The van der Waals surface area contributed by atoms with E-state index in [2.05, 4.69) is 48.3 Å². The van der Waals surface area contributed by atoms with Gasteiger partial charge in [0.05, 0.1) is 18.8 Å². The Morgan fingerprint density at radius 2 is 2.03 bits per heavy atom. The summed E-state index contributed by atoms with van der Waals surface area (Å²) in [5, 5.41) is 3.75. The predicted octanol–water partition coefficient (Wildman–Crippen LogP) is 3.87. The van der Waals surface area contributed by atoms with Gasteiger partial charge in [-0.25, -0.2) is 0 Å². The van der Waals surface area contributed by atoms with Gasteiger partial charge in [-0.2, -0.15) is 0 Å². The monoisotopic (exact) mass is 399 g/mol. The van der Waals surface area contributed by atoms with Gasteiger partial charge in [-0.15, -0.1) is 0 Å². The van der Waals surface area contributed by atoms with Crippen LogP contribution in [0, 0.1) is 6.92 Å². The fourth-order valence-electron chi connectivity index (χ4n) is 4.67. The number of piperidine rings is 1. The summed E-state index contributed by atoms with van der Waals surface area (Å²) in [5.74, 6) is 1.71. The molecule has 3 atom stereocenters. The number of hydrogen-bond acceptors (Lipinski definition) is 3. The standard InChI is InChI=1S/C24H37N3O2/c1-3-25-24(26-23-16-22(23)21-10-5-4-8-18(21)2)27-13-11-19(12-14-27)29-17-20-9-6-7-15-28-20/h4-5,8,10,19-20,22-23H,3,6-7,9,11-17H2,1-2H3,(H,25,26). The van der Waals surface area contributed by atoms with E-state index in [1.165, 1.54) is 30.4 Å². The van der Waals surface area contributed by atoms with E-state index in [0.717, 1.165) is 58.1 Å². The first-order valence-corrected chi connectivity index (χ1v) is 11.6. The SMILES string of the molecule is CCN=C(NC1CC1c1ccccc1C)N1CCC(OCC2CCCCO2)CC1. The van der Waals surface area contributed by atoms with E-state index in [9.17, 15) is 0 Å². The molecule has 0 spiro atoms. The zero-order valence-electron chi connectivity index (χ0n) is 18.1. The summed E-state index contributed by atoms with van der Waals surface area (Å²) >= 11 is 0. The second-order valence-corrected chi connectivity index (χ2v) is 8.76. The van der Waals surface area contributed by atoms with Crippen LogP contribution in [0.25, 0.3) is 0 Å². The number of hydrogen-bond donors (Lipinski definition) is 1. The molecule has 4 rings (SSSR count). The van der Waals surface area contributed by atoms with Gasteiger partial charge < -0.3 is 19.7 Å². The number of ether oxygens (including phenoxy) is 2. The summed E-state index contributed by atoms with van der Waals surface area (Å²) in [6.45, 7) is 8.86. The molecule has 2 aliphatic heterocycles. The zero-order valence-corrected chi connectivity index (χ0v) is 18.1.